The molecule has 2 heterocycles. The average molecular weight is 263 g/mol. The lowest BCUT2D eigenvalue weighted by Crippen LogP contribution is -1.96. The van der Waals surface area contributed by atoms with E-state index in [1.54, 1.807) is 24.4 Å². The summed E-state index contributed by atoms with van der Waals surface area (Å²) in [6, 6.07) is 8.17. The summed E-state index contributed by atoms with van der Waals surface area (Å²) in [5.74, 6) is 0.332. The van der Waals surface area contributed by atoms with Gasteiger partial charge in [-0.05, 0) is 23.9 Å². The summed E-state index contributed by atoms with van der Waals surface area (Å²) in [6.07, 6.45) is 1.62. The Balaban J connectivity index is 2.38. The molecule has 0 aliphatic heterocycles. The van der Waals surface area contributed by atoms with Crippen LogP contribution in [-0.2, 0) is 0 Å². The molecule has 7 heteroatoms. The zero-order valence-corrected chi connectivity index (χ0v) is 10.3. The van der Waals surface area contributed by atoms with Crippen LogP contribution in [0.15, 0.2) is 46.6 Å². The van der Waals surface area contributed by atoms with Gasteiger partial charge in [-0.1, -0.05) is 6.07 Å². The molecule has 0 saturated heterocycles. The molecule has 2 aromatic rings. The molecule has 2 aromatic heterocycles. The molecule has 0 saturated carbocycles. The van der Waals surface area contributed by atoms with E-state index in [0.717, 1.165) is 11.8 Å². The maximum atomic E-state index is 10.9. The van der Waals surface area contributed by atoms with Gasteiger partial charge < -0.3 is 4.74 Å². The molecule has 92 valence electrons. The van der Waals surface area contributed by atoms with E-state index in [9.17, 15) is 10.1 Å². The van der Waals surface area contributed by atoms with E-state index in [0.29, 0.717) is 10.9 Å². The predicted molar refractivity (Wildman–Crippen MR) is 65.8 cm³/mol. The predicted octanol–water partition coefficient (Wildman–Crippen LogP) is 2.54. The summed E-state index contributed by atoms with van der Waals surface area (Å²) in [5.41, 5.74) is -0.0635. The highest BCUT2D eigenvalue weighted by atomic mass is 32.2. The van der Waals surface area contributed by atoms with E-state index in [2.05, 4.69) is 9.97 Å². The number of methoxy groups -OCH3 is 1. The SMILES string of the molecule is COc1ccc([N+](=O)[O-])c(Sc2ccccn2)n1. The van der Waals surface area contributed by atoms with Crippen LogP contribution >= 0.6 is 11.8 Å². The number of pyridine rings is 2. The fourth-order valence-electron chi connectivity index (χ4n) is 1.25. The molecule has 0 spiro atoms. The molecule has 0 N–H and O–H groups in total. The van der Waals surface area contributed by atoms with E-state index in [1.165, 1.54) is 19.2 Å². The first-order chi connectivity index (χ1) is 8.70. The van der Waals surface area contributed by atoms with Crippen LogP contribution < -0.4 is 4.74 Å². The molecule has 6 nitrogen and oxygen atoms in total. The minimum Gasteiger partial charge on any atom is -0.481 e. The number of nitrogens with zero attached hydrogens (tertiary/aromatic N) is 3. The van der Waals surface area contributed by atoms with Gasteiger partial charge in [0.25, 0.3) is 0 Å². The number of rotatable bonds is 4. The van der Waals surface area contributed by atoms with Crippen molar-refractivity contribution in [2.24, 2.45) is 0 Å². The van der Waals surface area contributed by atoms with Crippen molar-refractivity contribution in [2.45, 2.75) is 10.1 Å². The van der Waals surface area contributed by atoms with Gasteiger partial charge in [-0.2, -0.15) is 4.98 Å². The minimum atomic E-state index is -0.474. The molecule has 0 bridgehead atoms. The summed E-state index contributed by atoms with van der Waals surface area (Å²) >= 11 is 1.13. The van der Waals surface area contributed by atoms with Gasteiger partial charge in [0.05, 0.1) is 12.0 Å². The van der Waals surface area contributed by atoms with Crippen LogP contribution in [-0.4, -0.2) is 22.0 Å². The van der Waals surface area contributed by atoms with Crippen molar-refractivity contribution in [2.75, 3.05) is 7.11 Å². The Morgan fingerprint density at radius 2 is 2.17 bits per heavy atom. The molecule has 0 radical (unpaired) electrons. The molecule has 0 aliphatic rings. The third kappa shape index (κ3) is 2.75. The molecular weight excluding hydrogens is 254 g/mol. The van der Waals surface area contributed by atoms with Crippen molar-refractivity contribution in [3.8, 4) is 5.88 Å². The van der Waals surface area contributed by atoms with Gasteiger partial charge in [-0.15, -0.1) is 0 Å². The lowest BCUT2D eigenvalue weighted by Gasteiger charge is -2.03. The molecule has 0 aromatic carbocycles. The first-order valence-corrected chi connectivity index (χ1v) is 5.80. The Bertz CT molecular complexity index is 563. The van der Waals surface area contributed by atoms with Gasteiger partial charge in [-0.25, -0.2) is 4.98 Å². The summed E-state index contributed by atoms with van der Waals surface area (Å²) in [5, 5.41) is 11.8. The van der Waals surface area contributed by atoms with Crippen LogP contribution in [0.1, 0.15) is 0 Å². The van der Waals surface area contributed by atoms with Gasteiger partial charge in [0.1, 0.15) is 5.03 Å². The number of hydrogen-bond acceptors (Lipinski definition) is 6. The standard InChI is InChI=1S/C11H9N3O3S/c1-17-9-6-5-8(14(15)16)11(13-9)18-10-4-2-3-7-12-10/h2-7H,1H3. The molecule has 2 rings (SSSR count). The Morgan fingerprint density at radius 1 is 1.33 bits per heavy atom. The summed E-state index contributed by atoms with van der Waals surface area (Å²) in [4.78, 5) is 18.6. The largest absolute Gasteiger partial charge is 0.481 e. The molecular formula is C11H9N3O3S. The first kappa shape index (κ1) is 12.3. The van der Waals surface area contributed by atoms with Crippen molar-refractivity contribution in [1.29, 1.82) is 0 Å². The molecule has 0 aliphatic carbocycles. The van der Waals surface area contributed by atoms with Gasteiger partial charge in [0, 0.05) is 18.3 Å². The fourth-order valence-corrected chi connectivity index (χ4v) is 2.09. The van der Waals surface area contributed by atoms with E-state index < -0.39 is 4.92 Å². The Hall–Kier alpha value is -2.15. The van der Waals surface area contributed by atoms with Crippen molar-refractivity contribution in [3.05, 3.63) is 46.6 Å². The van der Waals surface area contributed by atoms with Crippen molar-refractivity contribution in [1.82, 2.24) is 9.97 Å². The highest BCUT2D eigenvalue weighted by Gasteiger charge is 2.17. The molecule has 0 atom stereocenters. The van der Waals surface area contributed by atoms with E-state index >= 15 is 0 Å². The van der Waals surface area contributed by atoms with Crippen LogP contribution in [0.2, 0.25) is 0 Å². The summed E-state index contributed by atoms with van der Waals surface area (Å²) in [7, 11) is 1.46. The van der Waals surface area contributed by atoms with Crippen LogP contribution in [0.3, 0.4) is 0 Å². The van der Waals surface area contributed by atoms with Crippen LogP contribution in [0, 0.1) is 10.1 Å². The molecule has 18 heavy (non-hydrogen) atoms. The van der Waals surface area contributed by atoms with Crippen LogP contribution in [0.25, 0.3) is 0 Å². The lowest BCUT2D eigenvalue weighted by atomic mass is 10.4. The van der Waals surface area contributed by atoms with Crippen molar-refractivity contribution in [3.63, 3.8) is 0 Å². The van der Waals surface area contributed by atoms with E-state index in [1.807, 2.05) is 0 Å². The molecule has 0 fully saturated rings. The maximum Gasteiger partial charge on any atom is 0.302 e. The van der Waals surface area contributed by atoms with Crippen molar-refractivity contribution < 1.29 is 9.66 Å². The smallest absolute Gasteiger partial charge is 0.302 e. The van der Waals surface area contributed by atoms with Crippen LogP contribution in [0.4, 0.5) is 5.69 Å². The van der Waals surface area contributed by atoms with Crippen molar-refractivity contribution >= 4 is 17.4 Å². The monoisotopic (exact) mass is 263 g/mol. The fraction of sp³-hybridized carbons (Fsp3) is 0.0909. The van der Waals surface area contributed by atoms with Crippen LogP contribution in [0.5, 0.6) is 5.88 Å². The molecule has 0 unspecified atom stereocenters. The Morgan fingerprint density at radius 3 is 2.78 bits per heavy atom. The quantitative estimate of drug-likeness (QED) is 0.623. The number of hydrogen-bond donors (Lipinski definition) is 0. The Labute approximate surface area is 107 Å². The third-order valence-corrected chi connectivity index (χ3v) is 3.00. The second kappa shape index (κ2) is 5.46. The second-order valence-corrected chi connectivity index (χ2v) is 4.21. The summed E-state index contributed by atoms with van der Waals surface area (Å²) in [6.45, 7) is 0. The van der Waals surface area contributed by atoms with Gasteiger partial charge in [-0.3, -0.25) is 10.1 Å². The third-order valence-electron chi connectivity index (χ3n) is 2.06. The van der Waals surface area contributed by atoms with Gasteiger partial charge in [0.2, 0.25) is 5.88 Å². The number of nitro groups is 1. The topological polar surface area (TPSA) is 78.2 Å². The van der Waals surface area contributed by atoms with Gasteiger partial charge >= 0.3 is 5.69 Å². The summed E-state index contributed by atoms with van der Waals surface area (Å²) < 4.78 is 4.96. The first-order valence-electron chi connectivity index (χ1n) is 4.99. The van der Waals surface area contributed by atoms with E-state index in [4.69, 9.17) is 4.74 Å². The number of aromatic nitrogens is 2. The zero-order chi connectivity index (χ0) is 13.0. The zero-order valence-electron chi connectivity index (χ0n) is 9.44. The maximum absolute atomic E-state index is 10.9. The Kier molecular flexibility index (Phi) is 3.73. The van der Waals surface area contributed by atoms with Gasteiger partial charge in [0.15, 0.2) is 5.03 Å². The second-order valence-electron chi connectivity index (χ2n) is 3.21. The highest BCUT2D eigenvalue weighted by Crippen LogP contribution is 2.33. The molecule has 0 amide bonds. The van der Waals surface area contributed by atoms with E-state index in [-0.39, 0.29) is 10.7 Å². The minimum absolute atomic E-state index is 0.0635. The average Bonchev–Trinajstić information content (AvgIpc) is 2.39. The normalized spacial score (nSPS) is 10.1. The lowest BCUT2D eigenvalue weighted by molar-refractivity contribution is -0.388. The highest BCUT2D eigenvalue weighted by molar-refractivity contribution is 7.99. The number of ether oxygens (including phenoxy) is 1.